The van der Waals surface area contributed by atoms with Crippen molar-refractivity contribution in [3.8, 4) is 0 Å². The van der Waals surface area contributed by atoms with Gasteiger partial charge < -0.3 is 0 Å². The minimum atomic E-state index is 0. The van der Waals surface area contributed by atoms with Crippen LogP contribution in [0.1, 0.15) is 0 Å². The Labute approximate surface area is 66.7 Å². The summed E-state index contributed by atoms with van der Waals surface area (Å²) in [5.74, 6) is 0. The Balaban J connectivity index is 0. The van der Waals surface area contributed by atoms with Crippen LogP contribution in [0.15, 0.2) is 0 Å². The van der Waals surface area contributed by atoms with E-state index in [9.17, 15) is 0 Å². The SMILES string of the molecule is S.[Co].[Ni].[Re]. The van der Waals surface area contributed by atoms with Crippen LogP contribution in [0.25, 0.3) is 0 Å². The van der Waals surface area contributed by atoms with Crippen LogP contribution in [-0.2, 0) is 53.7 Å². The van der Waals surface area contributed by atoms with E-state index in [-0.39, 0.29) is 67.2 Å². The standard InChI is InChI=1S/Co.Ni.Re.H2S/h;;;1H2. The van der Waals surface area contributed by atoms with E-state index in [4.69, 9.17) is 0 Å². The van der Waals surface area contributed by atoms with E-state index in [1.807, 2.05) is 0 Å². The van der Waals surface area contributed by atoms with Crippen LogP contribution in [0.4, 0.5) is 0 Å². The second kappa shape index (κ2) is 19.9. The zero-order chi connectivity index (χ0) is 0. The Morgan fingerprint density at radius 3 is 1.00 bits per heavy atom. The molecule has 0 aliphatic heterocycles. The van der Waals surface area contributed by atoms with Crippen LogP contribution in [0.2, 0.25) is 0 Å². The van der Waals surface area contributed by atoms with Gasteiger partial charge in [0, 0.05) is 53.7 Å². The number of hydrogen-bond acceptors (Lipinski definition) is 0. The Bertz CT molecular complexity index is 8.00. The normalized spacial score (nSPS) is 0. The van der Waals surface area contributed by atoms with Gasteiger partial charge in [0.25, 0.3) is 0 Å². The molecule has 0 atom stereocenters. The van der Waals surface area contributed by atoms with Gasteiger partial charge in [-0.05, 0) is 0 Å². The molecule has 0 spiro atoms. The molecule has 0 aromatic carbocycles. The van der Waals surface area contributed by atoms with E-state index in [0.717, 1.165) is 0 Å². The number of rotatable bonds is 0. The first-order valence-electron chi connectivity index (χ1n) is 0. The summed E-state index contributed by atoms with van der Waals surface area (Å²) < 4.78 is 0. The van der Waals surface area contributed by atoms with Gasteiger partial charge in [0.2, 0.25) is 0 Å². The van der Waals surface area contributed by atoms with Crippen LogP contribution in [0.5, 0.6) is 0 Å². The van der Waals surface area contributed by atoms with Gasteiger partial charge in [-0.1, -0.05) is 0 Å². The fourth-order valence-electron chi connectivity index (χ4n) is 0. The molecule has 0 nitrogen and oxygen atoms in total. The van der Waals surface area contributed by atoms with Gasteiger partial charge in [0.15, 0.2) is 0 Å². The predicted molar refractivity (Wildman–Crippen MR) is 10.4 cm³/mol. The molecule has 4 heavy (non-hydrogen) atoms. The quantitative estimate of drug-likeness (QED) is 0.550. The maximum atomic E-state index is 0. The average molecular weight is 338 g/mol. The number of hydrogen-bond donors (Lipinski definition) is 0. The Hall–Kier alpha value is 2.01. The van der Waals surface area contributed by atoms with E-state index in [0.29, 0.717) is 0 Å². The molecule has 0 rings (SSSR count). The minimum absolute atomic E-state index is 0. The van der Waals surface area contributed by atoms with Crippen LogP contribution < -0.4 is 0 Å². The molecule has 0 amide bonds. The van der Waals surface area contributed by atoms with Gasteiger partial charge in [-0.2, -0.15) is 13.5 Å². The third kappa shape index (κ3) is 8.99. The molecule has 4 heteroatoms. The first-order valence-corrected chi connectivity index (χ1v) is 0. The topological polar surface area (TPSA) is 0 Å². The molecule has 0 aliphatic rings. The molecule has 0 aromatic heterocycles. The Morgan fingerprint density at radius 1 is 1.00 bits per heavy atom. The van der Waals surface area contributed by atoms with E-state index in [2.05, 4.69) is 0 Å². The second-order valence-electron chi connectivity index (χ2n) is 0. The fraction of sp³-hybridized carbons (Fsp3) is 0. The van der Waals surface area contributed by atoms with Crippen molar-refractivity contribution in [1.29, 1.82) is 0 Å². The first kappa shape index (κ1) is 37.3. The third-order valence-corrected chi connectivity index (χ3v) is 0. The van der Waals surface area contributed by atoms with Crippen molar-refractivity contribution < 1.29 is 53.7 Å². The molecule has 0 aliphatic carbocycles. The van der Waals surface area contributed by atoms with Crippen molar-refractivity contribution in [1.82, 2.24) is 0 Å². The molecule has 0 bridgehead atoms. The molecule has 2 radical (unpaired) electrons. The molecule has 0 aromatic rings. The summed E-state index contributed by atoms with van der Waals surface area (Å²) in [7, 11) is 0. The van der Waals surface area contributed by atoms with Gasteiger partial charge in [-0.3, -0.25) is 0 Å². The van der Waals surface area contributed by atoms with Crippen molar-refractivity contribution in [2.45, 2.75) is 0 Å². The molecule has 0 N–H and O–H groups in total. The predicted octanol–water partition coefficient (Wildman–Crippen LogP) is 0.105. The van der Waals surface area contributed by atoms with Crippen LogP contribution >= 0.6 is 13.5 Å². The smallest absolute Gasteiger partial charge is 0 e. The van der Waals surface area contributed by atoms with E-state index in [1.54, 1.807) is 0 Å². The zero-order valence-corrected chi connectivity index (χ0v) is 7.27. The molecular weight excluding hydrogens is 336 g/mol. The molecular formula is H2CoNiReS. The van der Waals surface area contributed by atoms with Crippen LogP contribution in [-0.4, -0.2) is 0 Å². The minimum Gasteiger partial charge on any atom is -0.197 e. The summed E-state index contributed by atoms with van der Waals surface area (Å²) >= 11 is 0. The molecule has 34 valence electrons. The molecule has 0 fully saturated rings. The van der Waals surface area contributed by atoms with E-state index >= 15 is 0 Å². The summed E-state index contributed by atoms with van der Waals surface area (Å²) in [6, 6.07) is 0. The van der Waals surface area contributed by atoms with Crippen molar-refractivity contribution in [3.05, 3.63) is 0 Å². The second-order valence-corrected chi connectivity index (χ2v) is 0. The maximum Gasteiger partial charge on any atom is 0 e. The van der Waals surface area contributed by atoms with E-state index < -0.39 is 0 Å². The summed E-state index contributed by atoms with van der Waals surface area (Å²) in [4.78, 5) is 0. The largest absolute Gasteiger partial charge is 0.197 e. The van der Waals surface area contributed by atoms with E-state index in [1.165, 1.54) is 0 Å². The molecule has 0 unspecified atom stereocenters. The summed E-state index contributed by atoms with van der Waals surface area (Å²) in [6.07, 6.45) is 0. The summed E-state index contributed by atoms with van der Waals surface area (Å²) in [6.45, 7) is 0. The van der Waals surface area contributed by atoms with Crippen molar-refractivity contribution in [2.24, 2.45) is 0 Å². The molecule has 0 heterocycles. The van der Waals surface area contributed by atoms with Gasteiger partial charge in [0.05, 0.1) is 0 Å². The monoisotopic (exact) mass is 338 g/mol. The van der Waals surface area contributed by atoms with Gasteiger partial charge in [-0.15, -0.1) is 0 Å². The molecule has 0 saturated heterocycles. The average Bonchev–Trinajstić information content (AvgIpc) is 0. The van der Waals surface area contributed by atoms with Crippen molar-refractivity contribution in [3.63, 3.8) is 0 Å². The summed E-state index contributed by atoms with van der Waals surface area (Å²) in [5.41, 5.74) is 0. The van der Waals surface area contributed by atoms with Gasteiger partial charge in [-0.25, -0.2) is 0 Å². The third-order valence-electron chi connectivity index (χ3n) is 0. The van der Waals surface area contributed by atoms with Gasteiger partial charge in [0.1, 0.15) is 0 Å². The Morgan fingerprint density at radius 2 is 1.00 bits per heavy atom. The fourth-order valence-corrected chi connectivity index (χ4v) is 0. The van der Waals surface area contributed by atoms with Crippen LogP contribution in [0.3, 0.4) is 0 Å². The van der Waals surface area contributed by atoms with Crippen molar-refractivity contribution in [2.75, 3.05) is 0 Å². The van der Waals surface area contributed by atoms with Crippen LogP contribution in [0, 0.1) is 0 Å². The van der Waals surface area contributed by atoms with Gasteiger partial charge >= 0.3 is 0 Å². The zero-order valence-electron chi connectivity index (χ0n) is 1.53. The maximum absolute atomic E-state index is 0. The summed E-state index contributed by atoms with van der Waals surface area (Å²) in [5, 5.41) is 0. The first-order chi connectivity index (χ1) is 0. The Kier molecular flexibility index (Phi) is 186. The van der Waals surface area contributed by atoms with Crippen molar-refractivity contribution >= 4 is 13.5 Å². The molecule has 0 saturated carbocycles.